The van der Waals surface area contributed by atoms with Gasteiger partial charge >= 0.3 is 0 Å². The predicted molar refractivity (Wildman–Crippen MR) is 60.4 cm³/mol. The van der Waals surface area contributed by atoms with Crippen molar-refractivity contribution < 1.29 is 34.9 Å². The minimum atomic E-state index is 0. The molecule has 0 saturated carbocycles. The summed E-state index contributed by atoms with van der Waals surface area (Å²) in [6.45, 7) is 2.45. The van der Waals surface area contributed by atoms with E-state index in [1.807, 2.05) is 0 Å². The van der Waals surface area contributed by atoms with E-state index >= 15 is 0 Å². The van der Waals surface area contributed by atoms with Gasteiger partial charge in [0.2, 0.25) is 0 Å². The number of piperidine rings is 2. The fourth-order valence-corrected chi connectivity index (χ4v) is 2.26. The molecule has 0 aromatic carbocycles. The SMILES string of the molecule is FN1CCC(CO[N-]C2CCN(F)CC2)CC1.[W]. The Labute approximate surface area is 121 Å². The van der Waals surface area contributed by atoms with Crippen LogP contribution in [0.25, 0.3) is 5.48 Å². The first-order valence-corrected chi connectivity index (χ1v) is 6.37. The summed E-state index contributed by atoms with van der Waals surface area (Å²) in [5.74, 6) is 0.409. The second kappa shape index (κ2) is 8.54. The first-order valence-electron chi connectivity index (χ1n) is 6.37. The molecule has 2 aliphatic rings. The summed E-state index contributed by atoms with van der Waals surface area (Å²) in [7, 11) is 0. The molecule has 2 rings (SSSR count). The minimum Gasteiger partial charge on any atom is -0.531 e. The molecule has 0 radical (unpaired) electrons. The Hall–Kier alpha value is 0.388. The Kier molecular flexibility index (Phi) is 7.80. The monoisotopic (exact) mass is 432 g/mol. The summed E-state index contributed by atoms with van der Waals surface area (Å²) in [4.78, 5) is 5.33. The van der Waals surface area contributed by atoms with Crippen molar-refractivity contribution in [3.63, 3.8) is 0 Å². The van der Waals surface area contributed by atoms with Crippen molar-refractivity contribution in [3.05, 3.63) is 5.48 Å². The molecule has 7 heteroatoms. The summed E-state index contributed by atoms with van der Waals surface area (Å²) in [6, 6.07) is 0.128. The predicted octanol–water partition coefficient (Wildman–Crippen LogP) is 2.23. The van der Waals surface area contributed by atoms with Gasteiger partial charge in [-0.1, -0.05) is 12.8 Å². The first kappa shape index (κ1) is 16.4. The van der Waals surface area contributed by atoms with E-state index < -0.39 is 0 Å². The van der Waals surface area contributed by atoms with Crippen molar-refractivity contribution in [1.29, 1.82) is 0 Å². The van der Waals surface area contributed by atoms with Gasteiger partial charge in [0.05, 0.1) is 0 Å². The van der Waals surface area contributed by atoms with E-state index in [0.29, 0.717) is 38.7 Å². The number of hydrogen-bond acceptors (Lipinski definition) is 3. The molecule has 0 amide bonds. The zero-order chi connectivity index (χ0) is 12.1. The zero-order valence-electron chi connectivity index (χ0n) is 10.4. The number of halogens is 2. The molecular formula is C11H20F2N3OW-. The smallest absolute Gasteiger partial charge is 0.0293 e. The van der Waals surface area contributed by atoms with Crippen LogP contribution in [0.3, 0.4) is 0 Å². The van der Waals surface area contributed by atoms with Gasteiger partial charge < -0.3 is 10.3 Å². The average Bonchev–Trinajstić information content (AvgIpc) is 2.34. The van der Waals surface area contributed by atoms with E-state index in [1.54, 1.807) is 0 Å². The van der Waals surface area contributed by atoms with Crippen LogP contribution in [0.4, 0.5) is 8.96 Å². The van der Waals surface area contributed by atoms with Gasteiger partial charge in [-0.05, 0) is 18.8 Å². The molecular weight excluding hydrogens is 412 g/mol. The van der Waals surface area contributed by atoms with Crippen molar-refractivity contribution >= 4 is 0 Å². The third kappa shape index (κ3) is 5.57. The maximum absolute atomic E-state index is 12.7. The van der Waals surface area contributed by atoms with Crippen LogP contribution in [0.2, 0.25) is 0 Å². The zero-order valence-corrected chi connectivity index (χ0v) is 13.4. The maximum Gasteiger partial charge on any atom is 0.0293 e. The standard InChI is InChI=1S/C11H20F2N3O.W/c12-15-5-1-10(2-6-15)9-17-14-11-3-7-16(13)8-4-11;/h10-11H,1-9H2;/q-1;. The quantitative estimate of drug-likeness (QED) is 0.505. The minimum absolute atomic E-state index is 0. The molecule has 18 heavy (non-hydrogen) atoms. The van der Waals surface area contributed by atoms with Crippen LogP contribution >= 0.6 is 0 Å². The van der Waals surface area contributed by atoms with Crippen LogP contribution in [0.1, 0.15) is 25.7 Å². The van der Waals surface area contributed by atoms with E-state index in [2.05, 4.69) is 5.48 Å². The molecule has 0 unspecified atom stereocenters. The van der Waals surface area contributed by atoms with Crippen molar-refractivity contribution in [1.82, 2.24) is 10.2 Å². The van der Waals surface area contributed by atoms with Crippen LogP contribution in [0, 0.1) is 5.92 Å². The molecule has 2 fully saturated rings. The van der Waals surface area contributed by atoms with Crippen molar-refractivity contribution in [2.24, 2.45) is 5.92 Å². The van der Waals surface area contributed by atoms with Gasteiger partial charge in [0.1, 0.15) is 0 Å². The van der Waals surface area contributed by atoms with E-state index in [1.165, 1.54) is 0 Å². The Balaban J connectivity index is 0.00000162. The average molecular weight is 432 g/mol. The van der Waals surface area contributed by atoms with Crippen molar-refractivity contribution in [3.8, 4) is 0 Å². The third-order valence-corrected chi connectivity index (χ3v) is 3.50. The second-order valence-electron chi connectivity index (χ2n) is 4.90. The molecule has 2 aliphatic heterocycles. The van der Waals surface area contributed by atoms with Crippen molar-refractivity contribution in [2.75, 3.05) is 32.8 Å². The molecule has 0 atom stereocenters. The number of nitrogens with zero attached hydrogens (tertiary/aromatic N) is 3. The molecule has 2 heterocycles. The fraction of sp³-hybridized carbons (Fsp3) is 1.00. The summed E-state index contributed by atoms with van der Waals surface area (Å²) >= 11 is 0. The van der Waals surface area contributed by atoms with Gasteiger partial charge in [-0.3, -0.25) is 0 Å². The van der Waals surface area contributed by atoms with E-state index in [-0.39, 0.29) is 27.1 Å². The summed E-state index contributed by atoms with van der Waals surface area (Å²) < 4.78 is 25.5. The Morgan fingerprint density at radius 3 is 2.00 bits per heavy atom. The summed E-state index contributed by atoms with van der Waals surface area (Å²) in [5.41, 5.74) is 4.13. The summed E-state index contributed by atoms with van der Waals surface area (Å²) in [6.07, 6.45) is 3.10. The Bertz CT molecular complexity index is 200. The van der Waals surface area contributed by atoms with Crippen LogP contribution in [0.15, 0.2) is 0 Å². The van der Waals surface area contributed by atoms with E-state index in [0.717, 1.165) is 35.9 Å². The molecule has 0 aliphatic carbocycles. The fourth-order valence-electron chi connectivity index (χ4n) is 2.26. The number of hydroxylamine groups is 1. The molecule has 0 aromatic heterocycles. The second-order valence-corrected chi connectivity index (χ2v) is 4.90. The topological polar surface area (TPSA) is 29.8 Å². The molecule has 0 bridgehead atoms. The van der Waals surface area contributed by atoms with Gasteiger partial charge in [0, 0.05) is 53.9 Å². The third-order valence-electron chi connectivity index (χ3n) is 3.50. The Morgan fingerprint density at radius 2 is 1.44 bits per heavy atom. The molecule has 106 valence electrons. The van der Waals surface area contributed by atoms with Gasteiger partial charge in [-0.2, -0.15) is 0 Å². The van der Waals surface area contributed by atoms with Crippen LogP contribution in [0.5, 0.6) is 0 Å². The molecule has 0 aromatic rings. The van der Waals surface area contributed by atoms with Gasteiger partial charge in [0.25, 0.3) is 0 Å². The number of hydrogen-bond donors (Lipinski definition) is 0. The Morgan fingerprint density at radius 1 is 0.944 bits per heavy atom. The largest absolute Gasteiger partial charge is 0.531 e. The normalized spacial score (nSPS) is 25.0. The first-order chi connectivity index (χ1) is 8.24. The molecule has 2 saturated heterocycles. The molecule has 0 N–H and O–H groups in total. The maximum atomic E-state index is 12.7. The molecule has 0 spiro atoms. The summed E-state index contributed by atoms with van der Waals surface area (Å²) in [5, 5.41) is 1.67. The van der Waals surface area contributed by atoms with E-state index in [4.69, 9.17) is 4.84 Å². The van der Waals surface area contributed by atoms with Gasteiger partial charge in [-0.25, -0.2) is 0 Å². The van der Waals surface area contributed by atoms with Crippen LogP contribution in [-0.2, 0) is 25.9 Å². The van der Waals surface area contributed by atoms with Crippen molar-refractivity contribution in [2.45, 2.75) is 31.7 Å². The number of rotatable bonds is 4. The van der Waals surface area contributed by atoms with Crippen LogP contribution in [-0.4, -0.2) is 49.1 Å². The van der Waals surface area contributed by atoms with Crippen LogP contribution < -0.4 is 0 Å². The van der Waals surface area contributed by atoms with E-state index in [9.17, 15) is 8.96 Å². The van der Waals surface area contributed by atoms with Gasteiger partial charge in [0.15, 0.2) is 0 Å². The van der Waals surface area contributed by atoms with Gasteiger partial charge in [-0.15, -0.1) is 25.2 Å². The molecule has 4 nitrogen and oxygen atoms in total.